The van der Waals surface area contributed by atoms with Crippen molar-refractivity contribution in [2.75, 3.05) is 26.7 Å². The number of rotatable bonds is 5. The number of benzene rings is 1. The maximum Gasteiger partial charge on any atom is 0.278 e. The molecule has 1 aliphatic rings. The Kier molecular flexibility index (Phi) is 5.61. The summed E-state index contributed by atoms with van der Waals surface area (Å²) in [4.78, 5) is 14.5. The second-order valence-electron chi connectivity index (χ2n) is 7.35. The largest absolute Gasteiger partial charge is 0.504 e. The predicted octanol–water partition coefficient (Wildman–Crippen LogP) is 2.77. The Hall–Kier alpha value is -2.34. The summed E-state index contributed by atoms with van der Waals surface area (Å²) >= 11 is 0. The highest BCUT2D eigenvalue weighted by Gasteiger charge is 2.27. The van der Waals surface area contributed by atoms with Crippen LogP contribution in [0.15, 0.2) is 30.5 Å². The van der Waals surface area contributed by atoms with E-state index in [4.69, 9.17) is 0 Å². The van der Waals surface area contributed by atoms with Crippen molar-refractivity contribution in [3.8, 4) is 11.4 Å². The molecule has 0 spiro atoms. The molecule has 26 heavy (non-hydrogen) atoms. The molecular formula is C20H28N4O2. The summed E-state index contributed by atoms with van der Waals surface area (Å²) in [6.07, 6.45) is 3.46. The molecule has 1 aliphatic heterocycles. The Morgan fingerprint density at radius 2 is 1.92 bits per heavy atom. The molecule has 0 radical (unpaired) electrons. The number of carbonyl (C=O) groups excluding carboxylic acids is 1. The molecule has 6 nitrogen and oxygen atoms in total. The molecule has 2 N–H and O–H groups in total. The van der Waals surface area contributed by atoms with Crippen LogP contribution in [0.2, 0.25) is 0 Å². The summed E-state index contributed by atoms with van der Waals surface area (Å²) in [6, 6.07) is 8.01. The number of aromatic nitrogens is 2. The molecule has 6 heteroatoms. The maximum absolute atomic E-state index is 12.7. The zero-order valence-electron chi connectivity index (χ0n) is 15.8. The van der Waals surface area contributed by atoms with E-state index in [1.807, 2.05) is 31.3 Å². The van der Waals surface area contributed by atoms with Gasteiger partial charge in [0.25, 0.3) is 5.91 Å². The van der Waals surface area contributed by atoms with Gasteiger partial charge in [-0.3, -0.25) is 4.79 Å². The average molecular weight is 356 g/mol. The molecule has 0 atom stereocenters. The molecule has 1 aromatic heterocycles. The van der Waals surface area contributed by atoms with E-state index >= 15 is 0 Å². The topological polar surface area (TPSA) is 70.4 Å². The lowest BCUT2D eigenvalue weighted by atomic mass is 9.96. The second kappa shape index (κ2) is 7.91. The van der Waals surface area contributed by atoms with Crippen LogP contribution in [0.1, 0.15) is 48.7 Å². The summed E-state index contributed by atoms with van der Waals surface area (Å²) in [5, 5.41) is 17.8. The molecule has 0 aliphatic carbocycles. The first-order chi connectivity index (χ1) is 12.5. The van der Waals surface area contributed by atoms with Gasteiger partial charge in [-0.25, -0.2) is 4.68 Å². The van der Waals surface area contributed by atoms with Gasteiger partial charge in [0.2, 0.25) is 0 Å². The highest BCUT2D eigenvalue weighted by atomic mass is 16.3. The Morgan fingerprint density at radius 1 is 1.27 bits per heavy atom. The first-order valence-corrected chi connectivity index (χ1v) is 9.32. The average Bonchev–Trinajstić information content (AvgIpc) is 3.04. The zero-order chi connectivity index (χ0) is 18.7. The van der Waals surface area contributed by atoms with Gasteiger partial charge < -0.3 is 15.3 Å². The number of amides is 1. The van der Waals surface area contributed by atoms with Crippen LogP contribution in [-0.4, -0.2) is 52.4 Å². The van der Waals surface area contributed by atoms with Gasteiger partial charge in [-0.05, 0) is 56.0 Å². The van der Waals surface area contributed by atoms with E-state index in [0.29, 0.717) is 24.9 Å². The van der Waals surface area contributed by atoms with E-state index in [1.165, 1.54) is 11.8 Å². The standard InChI is InChI=1S/C20H28N4O2/c1-14(2)16-4-6-17(7-5-16)24-13-18(25)19(22-24)20(26)23-10-8-15(9-11-23)12-21-3/h4-7,13-15,21,25H,8-12H2,1-3H3. The fraction of sp³-hybridized carbons (Fsp3) is 0.500. The van der Waals surface area contributed by atoms with E-state index in [1.54, 1.807) is 9.58 Å². The molecule has 3 rings (SSSR count). The summed E-state index contributed by atoms with van der Waals surface area (Å²) in [7, 11) is 1.95. The van der Waals surface area contributed by atoms with Crippen molar-refractivity contribution in [1.82, 2.24) is 20.0 Å². The normalized spacial score (nSPS) is 15.6. The van der Waals surface area contributed by atoms with Crippen molar-refractivity contribution in [3.05, 3.63) is 41.7 Å². The summed E-state index contributed by atoms with van der Waals surface area (Å²) in [5.41, 5.74) is 2.20. The van der Waals surface area contributed by atoms with Gasteiger partial charge in [0.05, 0.1) is 11.9 Å². The summed E-state index contributed by atoms with van der Waals surface area (Å²) < 4.78 is 1.57. The number of piperidine rings is 1. The van der Waals surface area contributed by atoms with Gasteiger partial charge in [-0.1, -0.05) is 26.0 Å². The fourth-order valence-electron chi connectivity index (χ4n) is 3.44. The number of hydrogen-bond acceptors (Lipinski definition) is 4. The summed E-state index contributed by atoms with van der Waals surface area (Å²) in [6.45, 7) is 6.69. The predicted molar refractivity (Wildman–Crippen MR) is 102 cm³/mol. The number of nitrogens with one attached hydrogen (secondary N) is 1. The molecule has 0 bridgehead atoms. The first-order valence-electron chi connectivity index (χ1n) is 9.32. The number of likely N-dealkylation sites (tertiary alicyclic amines) is 1. The van der Waals surface area contributed by atoms with Gasteiger partial charge >= 0.3 is 0 Å². The SMILES string of the molecule is CNCC1CCN(C(=O)c2nn(-c3ccc(C(C)C)cc3)cc2O)CC1. The number of aromatic hydroxyl groups is 1. The highest BCUT2D eigenvalue weighted by molar-refractivity contribution is 5.94. The van der Waals surface area contributed by atoms with Crippen LogP contribution in [0, 0.1) is 5.92 Å². The Bertz CT molecular complexity index is 744. The third-order valence-corrected chi connectivity index (χ3v) is 5.12. The van der Waals surface area contributed by atoms with Crippen molar-refractivity contribution >= 4 is 5.91 Å². The van der Waals surface area contributed by atoms with E-state index in [-0.39, 0.29) is 17.4 Å². The molecule has 1 fully saturated rings. The van der Waals surface area contributed by atoms with E-state index in [2.05, 4.69) is 24.3 Å². The minimum absolute atomic E-state index is 0.0692. The third kappa shape index (κ3) is 3.90. The number of carbonyl (C=O) groups is 1. The van der Waals surface area contributed by atoms with E-state index < -0.39 is 0 Å². The maximum atomic E-state index is 12.7. The zero-order valence-corrected chi connectivity index (χ0v) is 15.8. The molecule has 1 saturated heterocycles. The van der Waals surface area contributed by atoms with Crippen LogP contribution in [0.4, 0.5) is 0 Å². The number of nitrogens with zero attached hydrogens (tertiary/aromatic N) is 3. The lowest BCUT2D eigenvalue weighted by molar-refractivity contribution is 0.0681. The van der Waals surface area contributed by atoms with Crippen LogP contribution in [0.3, 0.4) is 0 Å². The van der Waals surface area contributed by atoms with Gasteiger partial charge in [0.1, 0.15) is 0 Å². The van der Waals surface area contributed by atoms with Gasteiger partial charge in [-0.2, -0.15) is 5.10 Å². The number of hydrogen-bond donors (Lipinski definition) is 2. The quantitative estimate of drug-likeness (QED) is 0.864. The smallest absolute Gasteiger partial charge is 0.278 e. The third-order valence-electron chi connectivity index (χ3n) is 5.12. The van der Waals surface area contributed by atoms with E-state index in [9.17, 15) is 9.90 Å². The van der Waals surface area contributed by atoms with Crippen molar-refractivity contribution in [1.29, 1.82) is 0 Å². The lowest BCUT2D eigenvalue weighted by Gasteiger charge is -2.31. The van der Waals surface area contributed by atoms with Crippen molar-refractivity contribution < 1.29 is 9.90 Å². The lowest BCUT2D eigenvalue weighted by Crippen LogP contribution is -2.40. The molecule has 0 saturated carbocycles. The molecule has 1 amide bonds. The Morgan fingerprint density at radius 3 is 2.50 bits per heavy atom. The first kappa shape index (κ1) is 18.5. The minimum atomic E-state index is -0.192. The van der Waals surface area contributed by atoms with Crippen LogP contribution >= 0.6 is 0 Å². The van der Waals surface area contributed by atoms with Crippen LogP contribution in [0.5, 0.6) is 5.75 Å². The van der Waals surface area contributed by atoms with Gasteiger partial charge in [0.15, 0.2) is 11.4 Å². The Balaban J connectivity index is 1.72. The highest BCUT2D eigenvalue weighted by Crippen LogP contribution is 2.24. The van der Waals surface area contributed by atoms with Gasteiger partial charge in [-0.15, -0.1) is 0 Å². The molecule has 140 valence electrons. The van der Waals surface area contributed by atoms with Crippen LogP contribution in [0.25, 0.3) is 5.69 Å². The molecular weight excluding hydrogens is 328 g/mol. The van der Waals surface area contributed by atoms with Crippen molar-refractivity contribution in [3.63, 3.8) is 0 Å². The molecule has 2 heterocycles. The monoisotopic (exact) mass is 356 g/mol. The van der Waals surface area contributed by atoms with Crippen molar-refractivity contribution in [2.24, 2.45) is 5.92 Å². The van der Waals surface area contributed by atoms with Crippen molar-refractivity contribution in [2.45, 2.75) is 32.6 Å². The molecule has 1 aromatic carbocycles. The second-order valence-corrected chi connectivity index (χ2v) is 7.35. The fourth-order valence-corrected chi connectivity index (χ4v) is 3.44. The van der Waals surface area contributed by atoms with E-state index in [0.717, 1.165) is 25.1 Å². The Labute approximate surface area is 154 Å². The van der Waals surface area contributed by atoms with Gasteiger partial charge in [0, 0.05) is 13.1 Å². The molecule has 0 unspecified atom stereocenters. The van der Waals surface area contributed by atoms with Crippen LogP contribution < -0.4 is 5.32 Å². The van der Waals surface area contributed by atoms with Crippen LogP contribution in [-0.2, 0) is 0 Å². The summed E-state index contributed by atoms with van der Waals surface area (Å²) in [5.74, 6) is 0.802. The minimum Gasteiger partial charge on any atom is -0.504 e. The molecule has 2 aromatic rings.